The molecule has 0 saturated carbocycles. The lowest BCUT2D eigenvalue weighted by Crippen LogP contribution is -2.38. The van der Waals surface area contributed by atoms with Crippen LogP contribution in [-0.2, 0) is 6.54 Å². The van der Waals surface area contributed by atoms with Gasteiger partial charge < -0.3 is 10.1 Å². The number of likely N-dealkylation sites (tertiary alicyclic amines) is 1. The van der Waals surface area contributed by atoms with E-state index in [9.17, 15) is 0 Å². The number of pyridine rings is 1. The van der Waals surface area contributed by atoms with Crippen LogP contribution in [0.15, 0.2) is 42.7 Å². The third-order valence-corrected chi connectivity index (χ3v) is 4.63. The van der Waals surface area contributed by atoms with E-state index < -0.39 is 0 Å². The van der Waals surface area contributed by atoms with Crippen LogP contribution in [0.3, 0.4) is 0 Å². The molecule has 1 aromatic carbocycles. The van der Waals surface area contributed by atoms with Crippen molar-refractivity contribution in [3.8, 4) is 5.75 Å². The predicted molar refractivity (Wildman–Crippen MR) is 98.8 cm³/mol. The number of piperidine rings is 1. The van der Waals surface area contributed by atoms with Crippen LogP contribution in [0.2, 0.25) is 5.02 Å². The number of hydrogen-bond acceptors (Lipinski definition) is 4. The van der Waals surface area contributed by atoms with Crippen LogP contribution >= 0.6 is 11.6 Å². The Kier molecular flexibility index (Phi) is 5.94. The molecule has 0 radical (unpaired) electrons. The van der Waals surface area contributed by atoms with E-state index in [0.29, 0.717) is 17.7 Å². The van der Waals surface area contributed by atoms with E-state index in [1.165, 1.54) is 5.56 Å². The molecule has 4 nitrogen and oxygen atoms in total. The van der Waals surface area contributed by atoms with E-state index in [2.05, 4.69) is 33.4 Å². The van der Waals surface area contributed by atoms with Crippen molar-refractivity contribution in [2.24, 2.45) is 0 Å². The molecule has 3 rings (SSSR count). The summed E-state index contributed by atoms with van der Waals surface area (Å²) in [5, 5.41) is 4.25. The molecule has 0 atom stereocenters. The molecule has 2 heterocycles. The van der Waals surface area contributed by atoms with Crippen molar-refractivity contribution in [3.05, 3.63) is 53.3 Å². The van der Waals surface area contributed by atoms with Gasteiger partial charge in [-0.3, -0.25) is 9.88 Å². The van der Waals surface area contributed by atoms with Gasteiger partial charge in [-0.1, -0.05) is 17.7 Å². The van der Waals surface area contributed by atoms with E-state index in [-0.39, 0.29) is 0 Å². The first-order chi connectivity index (χ1) is 11.7. The van der Waals surface area contributed by atoms with Crippen LogP contribution < -0.4 is 10.1 Å². The second kappa shape index (κ2) is 8.36. The van der Waals surface area contributed by atoms with E-state index in [4.69, 9.17) is 16.3 Å². The molecule has 0 spiro atoms. The maximum atomic E-state index is 6.16. The van der Waals surface area contributed by atoms with E-state index in [0.717, 1.165) is 43.9 Å². The molecule has 1 aliphatic rings. The molecule has 1 aliphatic heterocycles. The van der Waals surface area contributed by atoms with E-state index in [1.807, 2.05) is 25.3 Å². The summed E-state index contributed by atoms with van der Waals surface area (Å²) in [4.78, 5) is 6.64. The maximum Gasteiger partial charge on any atom is 0.138 e. The molecule has 128 valence electrons. The monoisotopic (exact) mass is 345 g/mol. The molecule has 1 aromatic heterocycles. The summed E-state index contributed by atoms with van der Waals surface area (Å²) in [6, 6.07) is 10.6. The fraction of sp³-hybridized carbons (Fsp3) is 0.421. The second-order valence-corrected chi connectivity index (χ2v) is 6.54. The summed E-state index contributed by atoms with van der Waals surface area (Å²) in [5.74, 6) is 0.782. The van der Waals surface area contributed by atoms with Crippen LogP contribution in [0.5, 0.6) is 5.75 Å². The molecular formula is C19H24ClN3O. The SMILES string of the molecule is CCOc1cc(CN2CCC(Nc3cccnc3)CC2)ccc1Cl. The minimum atomic E-state index is 0.523. The number of anilines is 1. The molecule has 24 heavy (non-hydrogen) atoms. The number of halogens is 1. The van der Waals surface area contributed by atoms with Crippen molar-refractivity contribution in [2.75, 3.05) is 25.0 Å². The van der Waals surface area contributed by atoms with Gasteiger partial charge in [-0.05, 0) is 49.6 Å². The van der Waals surface area contributed by atoms with Crippen molar-refractivity contribution in [1.29, 1.82) is 0 Å². The van der Waals surface area contributed by atoms with Crippen molar-refractivity contribution < 1.29 is 4.74 Å². The fourth-order valence-electron chi connectivity index (χ4n) is 3.09. The average Bonchev–Trinajstić information content (AvgIpc) is 2.61. The molecule has 0 amide bonds. The molecule has 1 saturated heterocycles. The highest BCUT2D eigenvalue weighted by atomic mass is 35.5. The maximum absolute atomic E-state index is 6.16. The first-order valence-corrected chi connectivity index (χ1v) is 8.92. The van der Waals surface area contributed by atoms with Crippen molar-refractivity contribution in [1.82, 2.24) is 9.88 Å². The summed E-state index contributed by atoms with van der Waals surface area (Å²) in [7, 11) is 0. The van der Waals surface area contributed by atoms with E-state index >= 15 is 0 Å². The number of nitrogens with one attached hydrogen (secondary N) is 1. The van der Waals surface area contributed by atoms with Gasteiger partial charge in [-0.15, -0.1) is 0 Å². The summed E-state index contributed by atoms with van der Waals surface area (Å²) in [6.07, 6.45) is 5.97. The summed E-state index contributed by atoms with van der Waals surface area (Å²) in [6.45, 7) is 5.73. The third-order valence-electron chi connectivity index (χ3n) is 4.32. The minimum absolute atomic E-state index is 0.523. The number of hydrogen-bond donors (Lipinski definition) is 1. The van der Waals surface area contributed by atoms with Gasteiger partial charge in [0.1, 0.15) is 5.75 Å². The largest absolute Gasteiger partial charge is 0.492 e. The smallest absolute Gasteiger partial charge is 0.138 e. The summed E-state index contributed by atoms with van der Waals surface area (Å²) < 4.78 is 5.58. The van der Waals surface area contributed by atoms with Crippen LogP contribution in [0.1, 0.15) is 25.3 Å². The average molecular weight is 346 g/mol. The lowest BCUT2D eigenvalue weighted by Gasteiger charge is -2.32. The fourth-order valence-corrected chi connectivity index (χ4v) is 3.26. The van der Waals surface area contributed by atoms with Gasteiger partial charge in [0, 0.05) is 38.1 Å². The Morgan fingerprint density at radius 1 is 1.29 bits per heavy atom. The standard InChI is InChI=1S/C19H24ClN3O/c1-2-24-19-12-15(5-6-18(19)20)14-23-10-7-16(8-11-23)22-17-4-3-9-21-13-17/h3-6,9,12-13,16,22H,2,7-8,10-11,14H2,1H3. The number of ether oxygens (including phenoxy) is 1. The molecule has 0 bridgehead atoms. The molecule has 1 fully saturated rings. The van der Waals surface area contributed by atoms with Gasteiger partial charge in [-0.2, -0.15) is 0 Å². The van der Waals surface area contributed by atoms with Crippen LogP contribution in [0.25, 0.3) is 0 Å². The number of aromatic nitrogens is 1. The zero-order chi connectivity index (χ0) is 16.8. The van der Waals surface area contributed by atoms with Gasteiger partial charge in [-0.25, -0.2) is 0 Å². The molecule has 1 N–H and O–H groups in total. The van der Waals surface area contributed by atoms with Crippen LogP contribution in [0, 0.1) is 0 Å². The predicted octanol–water partition coefficient (Wildman–Crippen LogP) is 4.21. The second-order valence-electron chi connectivity index (χ2n) is 6.13. The molecule has 5 heteroatoms. The summed E-state index contributed by atoms with van der Waals surface area (Å²) >= 11 is 6.16. The Morgan fingerprint density at radius 2 is 2.12 bits per heavy atom. The van der Waals surface area contributed by atoms with Crippen LogP contribution in [-0.4, -0.2) is 35.6 Å². The van der Waals surface area contributed by atoms with E-state index in [1.54, 1.807) is 6.20 Å². The lowest BCUT2D eigenvalue weighted by atomic mass is 10.0. The van der Waals surface area contributed by atoms with Gasteiger partial charge >= 0.3 is 0 Å². The van der Waals surface area contributed by atoms with Crippen molar-refractivity contribution in [2.45, 2.75) is 32.4 Å². The topological polar surface area (TPSA) is 37.4 Å². The Balaban J connectivity index is 1.51. The highest BCUT2D eigenvalue weighted by molar-refractivity contribution is 6.32. The van der Waals surface area contributed by atoms with Crippen LogP contribution in [0.4, 0.5) is 5.69 Å². The normalized spacial score (nSPS) is 16.1. The molecule has 2 aromatic rings. The first-order valence-electron chi connectivity index (χ1n) is 8.54. The number of rotatable bonds is 6. The van der Waals surface area contributed by atoms with Gasteiger partial charge in [0.25, 0.3) is 0 Å². The van der Waals surface area contributed by atoms with Gasteiger partial charge in [0.2, 0.25) is 0 Å². The van der Waals surface area contributed by atoms with Gasteiger partial charge in [0.05, 0.1) is 17.3 Å². The Bertz CT molecular complexity index is 642. The summed E-state index contributed by atoms with van der Waals surface area (Å²) in [5.41, 5.74) is 2.36. The Morgan fingerprint density at radius 3 is 2.83 bits per heavy atom. The zero-order valence-corrected chi connectivity index (χ0v) is 14.8. The quantitative estimate of drug-likeness (QED) is 0.851. The highest BCUT2D eigenvalue weighted by Gasteiger charge is 2.19. The van der Waals surface area contributed by atoms with Crippen molar-refractivity contribution in [3.63, 3.8) is 0 Å². The van der Waals surface area contributed by atoms with Gasteiger partial charge in [0.15, 0.2) is 0 Å². The lowest BCUT2D eigenvalue weighted by molar-refractivity contribution is 0.211. The number of benzene rings is 1. The molecule has 0 unspecified atom stereocenters. The first kappa shape index (κ1) is 17.1. The third kappa shape index (κ3) is 4.62. The molecular weight excluding hydrogens is 322 g/mol. The Labute approximate surface area is 148 Å². The number of nitrogens with zero attached hydrogens (tertiary/aromatic N) is 2. The molecule has 0 aliphatic carbocycles. The Hall–Kier alpha value is -1.78. The zero-order valence-electron chi connectivity index (χ0n) is 14.0. The van der Waals surface area contributed by atoms with Crippen molar-refractivity contribution >= 4 is 17.3 Å². The minimum Gasteiger partial charge on any atom is -0.492 e. The highest BCUT2D eigenvalue weighted by Crippen LogP contribution is 2.27.